The van der Waals surface area contributed by atoms with Crippen molar-refractivity contribution in [3.63, 3.8) is 0 Å². The number of nitrogens with zero attached hydrogens (tertiary/aromatic N) is 3. The molecule has 2 rings (SSSR count). The molecule has 2 aromatic rings. The molecule has 0 spiro atoms. The highest BCUT2D eigenvalue weighted by molar-refractivity contribution is 6.29. The fourth-order valence-electron chi connectivity index (χ4n) is 1.04. The van der Waals surface area contributed by atoms with Crippen molar-refractivity contribution >= 4 is 23.3 Å². The van der Waals surface area contributed by atoms with E-state index < -0.39 is 5.91 Å². The van der Waals surface area contributed by atoms with E-state index in [1.807, 2.05) is 0 Å². The third-order valence-electron chi connectivity index (χ3n) is 1.72. The van der Waals surface area contributed by atoms with Crippen LogP contribution in [0.25, 0.3) is 0 Å². The molecule has 0 fully saturated rings. The molecule has 0 aliphatic rings. The van der Waals surface area contributed by atoms with E-state index in [9.17, 15) is 4.79 Å². The van der Waals surface area contributed by atoms with Crippen molar-refractivity contribution in [3.05, 3.63) is 35.1 Å². The summed E-state index contributed by atoms with van der Waals surface area (Å²) in [7, 11) is 0. The summed E-state index contributed by atoms with van der Waals surface area (Å²) in [6.07, 6.45) is 2.58. The fraction of sp³-hybridized carbons (Fsp3) is 0.111. The lowest BCUT2D eigenvalue weighted by Gasteiger charge is -1.99. The fourth-order valence-corrected chi connectivity index (χ4v) is 1.13. The van der Waals surface area contributed by atoms with Crippen molar-refractivity contribution in [2.45, 2.75) is 6.92 Å². The van der Waals surface area contributed by atoms with Gasteiger partial charge in [-0.1, -0.05) is 16.8 Å². The van der Waals surface area contributed by atoms with Gasteiger partial charge in [-0.2, -0.15) is 0 Å². The van der Waals surface area contributed by atoms with Gasteiger partial charge in [0.2, 0.25) is 0 Å². The van der Waals surface area contributed by atoms with Crippen LogP contribution in [0.15, 0.2) is 23.0 Å². The van der Waals surface area contributed by atoms with E-state index >= 15 is 0 Å². The molecule has 0 atom stereocenters. The molecule has 16 heavy (non-hydrogen) atoms. The van der Waals surface area contributed by atoms with E-state index in [4.69, 9.17) is 16.1 Å². The summed E-state index contributed by atoms with van der Waals surface area (Å²) < 4.78 is 4.80. The van der Waals surface area contributed by atoms with Crippen LogP contribution < -0.4 is 5.32 Å². The Morgan fingerprint density at radius 2 is 2.25 bits per heavy atom. The lowest BCUT2D eigenvalue weighted by Crippen LogP contribution is -2.14. The second-order valence-corrected chi connectivity index (χ2v) is 3.39. The molecule has 0 radical (unpaired) electrons. The topological polar surface area (TPSA) is 80.9 Å². The number of carbonyl (C=O) groups excluding carboxylic acids is 1. The number of aryl methyl sites for hydroxylation is 1. The quantitative estimate of drug-likeness (QED) is 0.861. The molecule has 0 aliphatic carbocycles. The minimum Gasteiger partial charge on any atom is -0.360 e. The van der Waals surface area contributed by atoms with Gasteiger partial charge in [0.05, 0.1) is 12.4 Å². The molecular weight excluding hydrogens is 232 g/mol. The number of rotatable bonds is 2. The third-order valence-corrected chi connectivity index (χ3v) is 1.92. The monoisotopic (exact) mass is 238 g/mol. The van der Waals surface area contributed by atoms with E-state index in [2.05, 4.69) is 20.4 Å². The van der Waals surface area contributed by atoms with Gasteiger partial charge in [-0.05, 0) is 6.92 Å². The third kappa shape index (κ3) is 2.34. The highest BCUT2D eigenvalue weighted by atomic mass is 35.5. The van der Waals surface area contributed by atoms with Gasteiger partial charge >= 0.3 is 0 Å². The molecule has 0 aromatic carbocycles. The molecule has 7 heteroatoms. The van der Waals surface area contributed by atoms with Crippen LogP contribution in [0.4, 0.5) is 5.82 Å². The Morgan fingerprint density at radius 3 is 2.81 bits per heavy atom. The van der Waals surface area contributed by atoms with E-state index in [1.54, 1.807) is 13.0 Å². The molecule has 1 N–H and O–H groups in total. The molecule has 6 nitrogen and oxygen atoms in total. The summed E-state index contributed by atoms with van der Waals surface area (Å²) in [4.78, 5) is 19.2. The summed E-state index contributed by atoms with van der Waals surface area (Å²) in [5, 5.41) is 6.36. The average Bonchev–Trinajstić information content (AvgIpc) is 2.65. The molecule has 82 valence electrons. The lowest BCUT2D eigenvalue weighted by molar-refractivity contribution is 0.102. The minimum absolute atomic E-state index is 0.157. The molecule has 2 heterocycles. The first-order chi connectivity index (χ1) is 7.65. The average molecular weight is 239 g/mol. The van der Waals surface area contributed by atoms with Gasteiger partial charge in [0, 0.05) is 6.07 Å². The predicted octanol–water partition coefficient (Wildman–Crippen LogP) is 1.68. The molecule has 0 saturated carbocycles. The summed E-state index contributed by atoms with van der Waals surface area (Å²) in [5.41, 5.74) is 0.157. The Kier molecular flexibility index (Phi) is 2.82. The molecule has 2 aromatic heterocycles. The highest BCUT2D eigenvalue weighted by Gasteiger charge is 2.10. The van der Waals surface area contributed by atoms with Crippen LogP contribution in [0, 0.1) is 6.92 Å². The Bertz CT molecular complexity index is 508. The zero-order chi connectivity index (χ0) is 11.5. The Morgan fingerprint density at radius 1 is 1.44 bits per heavy atom. The highest BCUT2D eigenvalue weighted by Crippen LogP contribution is 2.08. The Balaban J connectivity index is 2.11. The van der Waals surface area contributed by atoms with Gasteiger partial charge in [-0.15, -0.1) is 0 Å². The van der Waals surface area contributed by atoms with E-state index in [1.165, 1.54) is 12.4 Å². The van der Waals surface area contributed by atoms with Crippen LogP contribution in [0.5, 0.6) is 0 Å². The van der Waals surface area contributed by atoms with Crippen LogP contribution in [-0.4, -0.2) is 21.0 Å². The van der Waals surface area contributed by atoms with Crippen molar-refractivity contribution in [2.75, 3.05) is 5.32 Å². The van der Waals surface area contributed by atoms with Gasteiger partial charge in [0.25, 0.3) is 5.91 Å². The number of anilines is 1. The van der Waals surface area contributed by atoms with Gasteiger partial charge in [-0.3, -0.25) is 4.79 Å². The molecular formula is C9H7ClN4O2. The van der Waals surface area contributed by atoms with Crippen molar-refractivity contribution in [1.29, 1.82) is 0 Å². The molecule has 0 saturated heterocycles. The number of hydrogen-bond acceptors (Lipinski definition) is 5. The number of halogens is 1. The van der Waals surface area contributed by atoms with Crippen LogP contribution >= 0.6 is 11.6 Å². The minimum atomic E-state index is -0.419. The number of hydrogen-bond donors (Lipinski definition) is 1. The number of nitrogens with one attached hydrogen (secondary N) is 1. The maximum absolute atomic E-state index is 11.6. The smallest absolute Gasteiger partial charge is 0.277 e. The normalized spacial score (nSPS) is 10.1. The molecule has 0 unspecified atom stereocenters. The summed E-state index contributed by atoms with van der Waals surface area (Å²) >= 11 is 5.55. The summed E-state index contributed by atoms with van der Waals surface area (Å²) in [6.45, 7) is 1.73. The Labute approximate surface area is 95.6 Å². The van der Waals surface area contributed by atoms with E-state index in [0.29, 0.717) is 11.6 Å². The van der Waals surface area contributed by atoms with Gasteiger partial charge < -0.3 is 9.84 Å². The van der Waals surface area contributed by atoms with Crippen LogP contribution in [0.3, 0.4) is 0 Å². The van der Waals surface area contributed by atoms with Crippen molar-refractivity contribution in [3.8, 4) is 0 Å². The molecule has 1 amide bonds. The molecule has 0 aliphatic heterocycles. The molecule has 0 bridgehead atoms. The second-order valence-electron chi connectivity index (χ2n) is 3.00. The van der Waals surface area contributed by atoms with Crippen LogP contribution in [-0.2, 0) is 0 Å². The van der Waals surface area contributed by atoms with Crippen molar-refractivity contribution in [1.82, 2.24) is 15.1 Å². The zero-order valence-electron chi connectivity index (χ0n) is 8.27. The summed E-state index contributed by atoms with van der Waals surface area (Å²) in [6, 6.07) is 1.60. The zero-order valence-corrected chi connectivity index (χ0v) is 9.02. The van der Waals surface area contributed by atoms with Crippen molar-refractivity contribution < 1.29 is 9.32 Å². The number of aromatic nitrogens is 3. The van der Waals surface area contributed by atoms with Gasteiger partial charge in [-0.25, -0.2) is 9.97 Å². The summed E-state index contributed by atoms with van der Waals surface area (Å²) in [5.74, 6) is 0.522. The SMILES string of the molecule is Cc1cc(NC(=O)c2cnc(Cl)cn2)no1. The standard InChI is InChI=1S/C9H7ClN4O2/c1-5-2-8(14-16-5)13-9(15)6-3-12-7(10)4-11-6/h2-4H,1H3,(H,13,14,15). The predicted molar refractivity (Wildman–Crippen MR) is 56.2 cm³/mol. The second kappa shape index (κ2) is 4.28. The van der Waals surface area contributed by atoms with E-state index in [0.717, 1.165) is 0 Å². The van der Waals surface area contributed by atoms with Crippen LogP contribution in [0.2, 0.25) is 5.15 Å². The largest absolute Gasteiger partial charge is 0.360 e. The van der Waals surface area contributed by atoms with Crippen molar-refractivity contribution in [2.24, 2.45) is 0 Å². The van der Waals surface area contributed by atoms with Crippen LogP contribution in [0.1, 0.15) is 16.2 Å². The van der Waals surface area contributed by atoms with Gasteiger partial charge in [0.1, 0.15) is 16.6 Å². The van der Waals surface area contributed by atoms with E-state index in [-0.39, 0.29) is 10.8 Å². The van der Waals surface area contributed by atoms with Gasteiger partial charge in [0.15, 0.2) is 5.82 Å². The maximum Gasteiger partial charge on any atom is 0.277 e. The first-order valence-electron chi connectivity index (χ1n) is 4.37. The first kappa shape index (κ1) is 10.6. The number of amides is 1. The maximum atomic E-state index is 11.6. The lowest BCUT2D eigenvalue weighted by atomic mass is 10.4. The Hall–Kier alpha value is -1.95. The first-order valence-corrected chi connectivity index (χ1v) is 4.75. The number of carbonyl (C=O) groups is 1.